The second kappa shape index (κ2) is 5.27. The number of nitrogens with zero attached hydrogens (tertiary/aromatic N) is 2. The Hall–Kier alpha value is -1.45. The van der Waals surface area contributed by atoms with Gasteiger partial charge in [-0.1, -0.05) is 17.8 Å². The van der Waals surface area contributed by atoms with Crippen LogP contribution in [0.25, 0.3) is 0 Å². The molecule has 1 aromatic carbocycles. The molecule has 6 nitrogen and oxygen atoms in total. The van der Waals surface area contributed by atoms with E-state index < -0.39 is 20.4 Å². The van der Waals surface area contributed by atoms with Crippen molar-refractivity contribution in [1.29, 1.82) is 0 Å². The van der Waals surface area contributed by atoms with Crippen molar-refractivity contribution in [3.63, 3.8) is 0 Å². The molecule has 0 aliphatic heterocycles. The second-order valence-electron chi connectivity index (χ2n) is 3.53. The van der Waals surface area contributed by atoms with Crippen molar-refractivity contribution in [3.05, 3.63) is 39.9 Å². The molecule has 1 heterocycles. The molecule has 0 spiro atoms. The van der Waals surface area contributed by atoms with E-state index in [1.807, 2.05) is 0 Å². The fourth-order valence-corrected chi connectivity index (χ4v) is 4.06. The van der Waals surface area contributed by atoms with Gasteiger partial charge in [-0.15, -0.1) is 11.3 Å². The van der Waals surface area contributed by atoms with Gasteiger partial charge in [0, 0.05) is 17.8 Å². The van der Waals surface area contributed by atoms with E-state index in [0.717, 1.165) is 18.0 Å². The third-order valence-electron chi connectivity index (χ3n) is 2.15. The molecule has 0 bridgehead atoms. The highest BCUT2D eigenvalue weighted by atomic mass is 32.2. The molecule has 2 rings (SSSR count). The number of nitro benzene ring substituents is 1. The molecule has 0 aliphatic carbocycles. The van der Waals surface area contributed by atoms with Gasteiger partial charge in [0.05, 0.1) is 9.82 Å². The molecule has 1 aromatic heterocycles. The lowest BCUT2D eigenvalue weighted by Crippen LogP contribution is -2.03. The largest absolute Gasteiger partial charge is 0.301 e. The van der Waals surface area contributed by atoms with Crippen molar-refractivity contribution in [3.8, 4) is 0 Å². The molecule has 0 aliphatic rings. The molecule has 0 saturated heterocycles. The fraction of sp³-hybridized carbons (Fsp3) is 0.100. The maximum Gasteiger partial charge on any atom is 0.301 e. The highest BCUT2D eigenvalue weighted by Crippen LogP contribution is 2.39. The fourth-order valence-electron chi connectivity index (χ4n) is 1.42. The van der Waals surface area contributed by atoms with E-state index in [1.54, 1.807) is 11.6 Å². The first kappa shape index (κ1) is 14.0. The average molecular weight is 316 g/mol. The Labute approximate surface area is 117 Å². The van der Waals surface area contributed by atoms with Crippen LogP contribution in [-0.4, -0.2) is 24.6 Å². The number of aromatic nitrogens is 1. The number of sulfone groups is 1. The molecule has 0 atom stereocenters. The molecule has 9 heteroatoms. The third-order valence-corrected chi connectivity index (χ3v) is 5.21. The van der Waals surface area contributed by atoms with Gasteiger partial charge in [0.1, 0.15) is 4.90 Å². The number of hydrogen-bond donors (Lipinski definition) is 0. The molecule has 0 fully saturated rings. The van der Waals surface area contributed by atoms with Gasteiger partial charge in [-0.05, 0) is 12.1 Å². The highest BCUT2D eigenvalue weighted by Gasteiger charge is 2.26. The summed E-state index contributed by atoms with van der Waals surface area (Å²) in [4.78, 5) is 14.5. The Kier molecular flexibility index (Phi) is 3.88. The summed E-state index contributed by atoms with van der Waals surface area (Å²) in [5.41, 5.74) is -0.398. The van der Waals surface area contributed by atoms with Crippen LogP contribution in [0.15, 0.2) is 43.9 Å². The van der Waals surface area contributed by atoms with Crippen LogP contribution in [0.2, 0.25) is 0 Å². The smallest absolute Gasteiger partial charge is 0.258 e. The second-order valence-corrected chi connectivity index (χ2v) is 7.70. The zero-order chi connectivity index (χ0) is 14.0. The predicted molar refractivity (Wildman–Crippen MR) is 72.4 cm³/mol. The van der Waals surface area contributed by atoms with E-state index in [4.69, 9.17) is 0 Å². The molecule has 100 valence electrons. The summed E-state index contributed by atoms with van der Waals surface area (Å²) in [7, 11) is -3.65. The molecule has 0 N–H and O–H groups in total. The zero-order valence-corrected chi connectivity index (χ0v) is 12.1. The van der Waals surface area contributed by atoms with Crippen molar-refractivity contribution in [2.75, 3.05) is 6.26 Å². The van der Waals surface area contributed by atoms with Crippen molar-refractivity contribution >= 4 is 38.6 Å². The van der Waals surface area contributed by atoms with Crippen LogP contribution < -0.4 is 0 Å². The lowest BCUT2D eigenvalue weighted by molar-refractivity contribution is -0.390. The Morgan fingerprint density at radius 2 is 2.16 bits per heavy atom. The molecule has 19 heavy (non-hydrogen) atoms. The third kappa shape index (κ3) is 3.11. The number of rotatable bonds is 4. The Morgan fingerprint density at radius 1 is 1.42 bits per heavy atom. The first-order valence-electron chi connectivity index (χ1n) is 4.94. The van der Waals surface area contributed by atoms with Crippen molar-refractivity contribution in [2.45, 2.75) is 14.1 Å². The first-order valence-corrected chi connectivity index (χ1v) is 8.53. The van der Waals surface area contributed by atoms with Gasteiger partial charge < -0.3 is 0 Å². The SMILES string of the molecule is CS(=O)(=O)c1cccc(Sc2nccs2)c1[N+](=O)[O-]. The molecular formula is C10H8N2O4S3. The summed E-state index contributed by atoms with van der Waals surface area (Å²) in [5.74, 6) is 0. The molecule has 0 amide bonds. The standard InChI is InChI=1S/C10H8N2O4S3/c1-19(15,16)8-4-2-3-7(9(8)12(13)14)18-10-11-5-6-17-10/h2-6H,1H3. The normalized spacial score (nSPS) is 11.4. The summed E-state index contributed by atoms with van der Waals surface area (Å²) in [6.07, 6.45) is 2.53. The molecular weight excluding hydrogens is 308 g/mol. The summed E-state index contributed by atoms with van der Waals surface area (Å²) in [5, 5.41) is 12.9. The van der Waals surface area contributed by atoms with Crippen LogP contribution in [-0.2, 0) is 9.84 Å². The van der Waals surface area contributed by atoms with Crippen molar-refractivity contribution in [1.82, 2.24) is 4.98 Å². The van der Waals surface area contributed by atoms with Gasteiger partial charge in [-0.2, -0.15) is 0 Å². The zero-order valence-electron chi connectivity index (χ0n) is 9.64. The van der Waals surface area contributed by atoms with E-state index in [0.29, 0.717) is 4.34 Å². The van der Waals surface area contributed by atoms with E-state index in [-0.39, 0.29) is 9.79 Å². The number of hydrogen-bond acceptors (Lipinski definition) is 7. The van der Waals surface area contributed by atoms with Gasteiger partial charge in [0.15, 0.2) is 14.2 Å². The molecule has 0 saturated carbocycles. The van der Waals surface area contributed by atoms with E-state index in [2.05, 4.69) is 4.98 Å². The lowest BCUT2D eigenvalue weighted by Gasteiger charge is -2.04. The summed E-state index contributed by atoms with van der Waals surface area (Å²) < 4.78 is 23.8. The minimum absolute atomic E-state index is 0.267. The minimum Gasteiger partial charge on any atom is -0.258 e. The number of thiazole rings is 1. The monoisotopic (exact) mass is 316 g/mol. The Morgan fingerprint density at radius 3 is 2.68 bits per heavy atom. The van der Waals surface area contributed by atoms with E-state index >= 15 is 0 Å². The van der Waals surface area contributed by atoms with E-state index in [1.165, 1.54) is 29.5 Å². The van der Waals surface area contributed by atoms with Gasteiger partial charge >= 0.3 is 5.69 Å². The van der Waals surface area contributed by atoms with Crippen molar-refractivity contribution in [2.24, 2.45) is 0 Å². The van der Waals surface area contributed by atoms with Gasteiger partial charge in [-0.3, -0.25) is 10.1 Å². The summed E-state index contributed by atoms with van der Waals surface area (Å²) >= 11 is 2.41. The van der Waals surface area contributed by atoms with Gasteiger partial charge in [-0.25, -0.2) is 13.4 Å². The number of para-hydroxylation sites is 1. The Bertz CT molecular complexity index is 710. The topological polar surface area (TPSA) is 90.2 Å². The quantitative estimate of drug-likeness (QED) is 0.636. The number of benzene rings is 1. The summed E-state index contributed by atoms with van der Waals surface area (Å²) in [6, 6.07) is 4.23. The lowest BCUT2D eigenvalue weighted by atomic mass is 10.3. The van der Waals surface area contributed by atoms with Gasteiger partial charge in [0.25, 0.3) is 0 Å². The van der Waals surface area contributed by atoms with Crippen LogP contribution in [0.3, 0.4) is 0 Å². The van der Waals surface area contributed by atoms with Crippen LogP contribution in [0, 0.1) is 10.1 Å². The van der Waals surface area contributed by atoms with Crippen LogP contribution in [0.5, 0.6) is 0 Å². The number of nitro groups is 1. The maximum atomic E-state index is 11.6. The van der Waals surface area contributed by atoms with Gasteiger partial charge in [0.2, 0.25) is 0 Å². The highest BCUT2D eigenvalue weighted by molar-refractivity contribution is 8.01. The average Bonchev–Trinajstić information content (AvgIpc) is 2.80. The van der Waals surface area contributed by atoms with Crippen molar-refractivity contribution < 1.29 is 13.3 Å². The first-order chi connectivity index (χ1) is 8.89. The maximum absolute atomic E-state index is 11.6. The van der Waals surface area contributed by atoms with E-state index in [9.17, 15) is 18.5 Å². The van der Waals surface area contributed by atoms with Crippen LogP contribution >= 0.6 is 23.1 Å². The predicted octanol–water partition coefficient (Wildman–Crippen LogP) is 2.61. The molecule has 0 unspecified atom stereocenters. The van der Waals surface area contributed by atoms with Crippen LogP contribution in [0.4, 0.5) is 5.69 Å². The minimum atomic E-state index is -3.65. The Balaban J connectivity index is 2.58. The molecule has 2 aromatic rings. The molecule has 0 radical (unpaired) electrons. The summed E-state index contributed by atoms with van der Waals surface area (Å²) in [6.45, 7) is 0. The van der Waals surface area contributed by atoms with Crippen LogP contribution in [0.1, 0.15) is 0 Å².